The van der Waals surface area contributed by atoms with Crippen molar-refractivity contribution in [2.24, 2.45) is 0 Å². The number of aryl methyl sites for hydroxylation is 3. The molecule has 5 nitrogen and oxygen atoms in total. The van der Waals surface area contributed by atoms with Crippen LogP contribution in [-0.4, -0.2) is 25.8 Å². The van der Waals surface area contributed by atoms with Gasteiger partial charge < -0.3 is 5.32 Å². The van der Waals surface area contributed by atoms with Crippen molar-refractivity contribution >= 4 is 39.9 Å². The molecule has 0 saturated carbocycles. The number of nitrogens with zero attached hydrogens (tertiary/aromatic N) is 3. The number of benzene rings is 2. The zero-order chi connectivity index (χ0) is 21.4. The van der Waals surface area contributed by atoms with Crippen LogP contribution >= 0.6 is 11.8 Å². The van der Waals surface area contributed by atoms with E-state index in [-0.39, 0.29) is 11.2 Å². The van der Waals surface area contributed by atoms with Crippen LogP contribution in [0.4, 0.5) is 5.69 Å². The second-order valence-corrected chi connectivity index (χ2v) is 8.90. The van der Waals surface area contributed by atoms with Gasteiger partial charge in [0.25, 0.3) is 0 Å². The molecule has 1 atom stereocenters. The molecule has 0 spiro atoms. The summed E-state index contributed by atoms with van der Waals surface area (Å²) in [5.74, 6) is -0.0129. The fraction of sp³-hybridized carbons (Fsp3) is 0.292. The monoisotopic (exact) mass is 418 g/mol. The van der Waals surface area contributed by atoms with Gasteiger partial charge in [0.05, 0.1) is 10.8 Å². The molecule has 1 unspecified atom stereocenters. The van der Waals surface area contributed by atoms with Gasteiger partial charge in [-0.15, -0.1) is 10.2 Å². The van der Waals surface area contributed by atoms with E-state index >= 15 is 0 Å². The molecule has 0 radical (unpaired) electrons. The number of amides is 1. The van der Waals surface area contributed by atoms with E-state index in [1.165, 1.54) is 22.7 Å². The molecule has 0 bridgehead atoms. The van der Waals surface area contributed by atoms with E-state index in [2.05, 4.69) is 71.0 Å². The van der Waals surface area contributed by atoms with Crippen LogP contribution in [0.1, 0.15) is 35.6 Å². The van der Waals surface area contributed by atoms with Crippen molar-refractivity contribution in [3.05, 3.63) is 64.7 Å². The smallest absolute Gasteiger partial charge is 0.237 e. The largest absolute Gasteiger partial charge is 0.325 e. The molecule has 1 N–H and O–H groups in total. The van der Waals surface area contributed by atoms with Crippen molar-refractivity contribution < 1.29 is 4.79 Å². The number of carbonyl (C=O) groups is 1. The number of anilines is 1. The minimum atomic E-state index is -0.266. The number of rotatable bonds is 5. The maximum atomic E-state index is 13.1. The molecule has 0 aliphatic carbocycles. The Labute approximate surface area is 180 Å². The Morgan fingerprint density at radius 2 is 1.77 bits per heavy atom. The lowest BCUT2D eigenvalue weighted by atomic mass is 10.1. The zero-order valence-corrected chi connectivity index (χ0v) is 18.8. The number of pyridine rings is 1. The lowest BCUT2D eigenvalue weighted by Gasteiger charge is -2.16. The first-order valence-electron chi connectivity index (χ1n) is 10.2. The summed E-state index contributed by atoms with van der Waals surface area (Å²) in [6, 6.07) is 14.3. The van der Waals surface area contributed by atoms with E-state index in [4.69, 9.17) is 0 Å². The maximum Gasteiger partial charge on any atom is 0.237 e. The van der Waals surface area contributed by atoms with E-state index in [0.29, 0.717) is 6.42 Å². The highest BCUT2D eigenvalue weighted by molar-refractivity contribution is 8.00. The van der Waals surface area contributed by atoms with Crippen molar-refractivity contribution in [1.29, 1.82) is 0 Å². The number of aromatic nitrogens is 3. The Balaban J connectivity index is 1.70. The second-order valence-electron chi connectivity index (χ2n) is 7.73. The highest BCUT2D eigenvalue weighted by Gasteiger charge is 2.23. The molecule has 2 heterocycles. The van der Waals surface area contributed by atoms with Gasteiger partial charge in [0, 0.05) is 11.1 Å². The predicted octanol–water partition coefficient (Wildman–Crippen LogP) is 5.63. The Morgan fingerprint density at radius 3 is 2.53 bits per heavy atom. The molecule has 6 heteroatoms. The van der Waals surface area contributed by atoms with E-state index in [1.54, 1.807) is 0 Å². The average molecular weight is 419 g/mol. The Hall–Kier alpha value is -2.86. The van der Waals surface area contributed by atoms with Gasteiger partial charge in [0.15, 0.2) is 10.8 Å². The van der Waals surface area contributed by atoms with Gasteiger partial charge in [-0.2, -0.15) is 0 Å². The molecule has 4 rings (SSSR count). The first-order chi connectivity index (χ1) is 14.4. The Kier molecular flexibility index (Phi) is 5.52. The molecule has 0 fully saturated rings. The highest BCUT2D eigenvalue weighted by Crippen LogP contribution is 2.31. The van der Waals surface area contributed by atoms with Crippen molar-refractivity contribution in [2.75, 3.05) is 5.32 Å². The van der Waals surface area contributed by atoms with Gasteiger partial charge in [-0.1, -0.05) is 49.0 Å². The number of thioether (sulfide) groups is 1. The van der Waals surface area contributed by atoms with Gasteiger partial charge in [-0.05, 0) is 68.5 Å². The second kappa shape index (κ2) is 8.11. The first kappa shape index (κ1) is 20.4. The number of carbonyl (C=O) groups excluding carboxylic acids is 1. The molecule has 0 aliphatic rings. The van der Waals surface area contributed by atoms with Gasteiger partial charge in [0.2, 0.25) is 5.91 Å². The number of para-hydroxylation sites is 1. The lowest BCUT2D eigenvalue weighted by Crippen LogP contribution is -2.25. The van der Waals surface area contributed by atoms with Crippen molar-refractivity contribution in [2.45, 2.75) is 51.4 Å². The first-order valence-corrected chi connectivity index (χ1v) is 11.1. The standard InChI is InChI=1S/C24H26N4OS/c1-6-20(23(29)25-19-12-8-9-14(2)17(19)5)30-24-27-26-21-13-16(4)18-11-7-10-15(3)22(18)28(21)24/h7-13,20H,6H2,1-5H3,(H,25,29). The Bertz CT molecular complexity index is 1260. The van der Waals surface area contributed by atoms with Gasteiger partial charge in [-0.3, -0.25) is 9.20 Å². The molecule has 1 amide bonds. The summed E-state index contributed by atoms with van der Waals surface area (Å²) in [4.78, 5) is 13.1. The SMILES string of the molecule is CCC(Sc1nnc2cc(C)c3cccc(C)c3n12)C(=O)Nc1cccc(C)c1C. The molecule has 0 aliphatic heterocycles. The topological polar surface area (TPSA) is 59.3 Å². The predicted molar refractivity (Wildman–Crippen MR) is 124 cm³/mol. The zero-order valence-electron chi connectivity index (χ0n) is 18.0. The lowest BCUT2D eigenvalue weighted by molar-refractivity contribution is -0.115. The third-order valence-corrected chi connectivity index (χ3v) is 6.97. The fourth-order valence-corrected chi connectivity index (χ4v) is 4.72. The van der Waals surface area contributed by atoms with Crippen LogP contribution < -0.4 is 5.32 Å². The molecule has 30 heavy (non-hydrogen) atoms. The Morgan fingerprint density at radius 1 is 1.03 bits per heavy atom. The van der Waals surface area contributed by atoms with Crippen LogP contribution in [0.2, 0.25) is 0 Å². The van der Waals surface area contributed by atoms with Gasteiger partial charge in [0.1, 0.15) is 0 Å². The minimum Gasteiger partial charge on any atom is -0.325 e. The summed E-state index contributed by atoms with van der Waals surface area (Å²) in [6.45, 7) is 10.3. The summed E-state index contributed by atoms with van der Waals surface area (Å²) in [6.07, 6.45) is 0.694. The quantitative estimate of drug-likeness (QED) is 0.427. The van der Waals surface area contributed by atoms with E-state index in [1.807, 2.05) is 26.0 Å². The molecular formula is C24H26N4OS. The van der Waals surface area contributed by atoms with E-state index in [0.717, 1.165) is 38.7 Å². The summed E-state index contributed by atoms with van der Waals surface area (Å²) < 4.78 is 2.08. The minimum absolute atomic E-state index is 0.0129. The average Bonchev–Trinajstić information content (AvgIpc) is 3.12. The van der Waals surface area contributed by atoms with Crippen LogP contribution in [0, 0.1) is 27.7 Å². The summed E-state index contributed by atoms with van der Waals surface area (Å²) in [7, 11) is 0. The molecule has 4 aromatic rings. The van der Waals surface area contributed by atoms with Crippen LogP contribution in [-0.2, 0) is 4.79 Å². The van der Waals surface area contributed by atoms with Crippen molar-refractivity contribution in [1.82, 2.24) is 14.6 Å². The number of hydrogen-bond donors (Lipinski definition) is 1. The summed E-state index contributed by atoms with van der Waals surface area (Å²) in [5.41, 5.74) is 7.36. The van der Waals surface area contributed by atoms with Gasteiger partial charge in [-0.25, -0.2) is 0 Å². The number of nitrogens with one attached hydrogen (secondary N) is 1. The van der Waals surface area contributed by atoms with Crippen LogP contribution in [0.15, 0.2) is 47.6 Å². The molecular weight excluding hydrogens is 392 g/mol. The fourth-order valence-electron chi connectivity index (χ4n) is 3.76. The highest BCUT2D eigenvalue weighted by atomic mass is 32.2. The number of hydrogen-bond acceptors (Lipinski definition) is 4. The summed E-state index contributed by atoms with van der Waals surface area (Å²) in [5, 5.41) is 13.6. The third-order valence-electron chi connectivity index (χ3n) is 5.66. The number of fused-ring (bicyclic) bond motifs is 3. The summed E-state index contributed by atoms with van der Waals surface area (Å²) >= 11 is 1.47. The molecule has 2 aromatic heterocycles. The van der Waals surface area contributed by atoms with Crippen LogP contribution in [0.25, 0.3) is 16.6 Å². The van der Waals surface area contributed by atoms with E-state index < -0.39 is 0 Å². The van der Waals surface area contributed by atoms with E-state index in [9.17, 15) is 4.79 Å². The van der Waals surface area contributed by atoms with Crippen LogP contribution in [0.3, 0.4) is 0 Å². The maximum absolute atomic E-state index is 13.1. The van der Waals surface area contributed by atoms with Crippen molar-refractivity contribution in [3.63, 3.8) is 0 Å². The third kappa shape index (κ3) is 3.56. The normalized spacial score (nSPS) is 12.4. The molecule has 154 valence electrons. The van der Waals surface area contributed by atoms with Crippen molar-refractivity contribution in [3.8, 4) is 0 Å². The van der Waals surface area contributed by atoms with Gasteiger partial charge >= 0.3 is 0 Å². The molecule has 0 saturated heterocycles. The van der Waals surface area contributed by atoms with Crippen LogP contribution in [0.5, 0.6) is 0 Å². The molecule has 2 aromatic carbocycles.